The second-order valence-corrected chi connectivity index (χ2v) is 6.64. The highest BCUT2D eigenvalue weighted by molar-refractivity contribution is 5.97. The van der Waals surface area contributed by atoms with Gasteiger partial charge < -0.3 is 15.7 Å². The van der Waals surface area contributed by atoms with Crippen LogP contribution in [0.2, 0.25) is 0 Å². The van der Waals surface area contributed by atoms with Crippen LogP contribution in [0.3, 0.4) is 0 Å². The van der Waals surface area contributed by atoms with E-state index < -0.39 is 5.97 Å². The Balaban J connectivity index is 1.65. The number of nitrogens with zero attached hydrogens (tertiary/aromatic N) is 1. The Kier molecular flexibility index (Phi) is 3.22. The minimum absolute atomic E-state index is 0.290. The summed E-state index contributed by atoms with van der Waals surface area (Å²) < 4.78 is 0. The van der Waals surface area contributed by atoms with Crippen molar-refractivity contribution in [3.8, 4) is 0 Å². The van der Waals surface area contributed by atoms with Gasteiger partial charge in [0.25, 0.3) is 0 Å². The SMILES string of the molecule is CC1CCC(C(=N)N2CC3CC(C2)C3CC(=O)O)=C1N. The van der Waals surface area contributed by atoms with Crippen LogP contribution in [-0.4, -0.2) is 34.9 Å². The lowest BCUT2D eigenvalue weighted by Crippen LogP contribution is -2.57. The maximum absolute atomic E-state index is 10.9. The van der Waals surface area contributed by atoms with Crippen molar-refractivity contribution in [2.24, 2.45) is 29.4 Å². The Morgan fingerprint density at radius 3 is 2.60 bits per heavy atom. The van der Waals surface area contributed by atoms with Crippen molar-refractivity contribution in [1.29, 1.82) is 5.41 Å². The number of hydrogen-bond acceptors (Lipinski definition) is 3. The largest absolute Gasteiger partial charge is 0.481 e. The number of carbonyl (C=O) groups is 1. The number of aliphatic carboxylic acids is 1. The lowest BCUT2D eigenvalue weighted by Gasteiger charge is -2.54. The molecule has 3 atom stereocenters. The highest BCUT2D eigenvalue weighted by atomic mass is 16.4. The number of carboxylic acid groups (broad SMARTS) is 1. The number of nitrogens with two attached hydrogens (primary N) is 1. The number of carboxylic acids is 1. The number of hydrogen-bond donors (Lipinski definition) is 3. The molecule has 2 aliphatic carbocycles. The maximum Gasteiger partial charge on any atom is 0.303 e. The first kappa shape index (κ1) is 13.5. The van der Waals surface area contributed by atoms with Gasteiger partial charge in [-0.1, -0.05) is 6.92 Å². The zero-order valence-corrected chi connectivity index (χ0v) is 11.9. The molecule has 2 bridgehead atoms. The van der Waals surface area contributed by atoms with E-state index >= 15 is 0 Å². The Labute approximate surface area is 119 Å². The summed E-state index contributed by atoms with van der Waals surface area (Å²) in [7, 11) is 0. The van der Waals surface area contributed by atoms with E-state index in [9.17, 15) is 4.79 Å². The molecule has 0 spiro atoms. The molecule has 1 saturated carbocycles. The molecule has 3 unspecified atom stereocenters. The summed E-state index contributed by atoms with van der Waals surface area (Å²) >= 11 is 0. The molecule has 0 aromatic rings. The smallest absolute Gasteiger partial charge is 0.303 e. The van der Waals surface area contributed by atoms with Gasteiger partial charge in [-0.05, 0) is 42.9 Å². The number of rotatable bonds is 3. The van der Waals surface area contributed by atoms with Gasteiger partial charge in [-0.25, -0.2) is 0 Å². The van der Waals surface area contributed by atoms with Gasteiger partial charge in [0, 0.05) is 30.8 Å². The van der Waals surface area contributed by atoms with E-state index in [2.05, 4.69) is 11.8 Å². The lowest BCUT2D eigenvalue weighted by atomic mass is 9.60. The zero-order chi connectivity index (χ0) is 14.4. The standard InChI is InChI=1S/C15H23N3O2/c1-8-2-3-11(14(8)16)15(17)18-6-9-4-10(7-18)12(9)5-13(19)20/h8-10,12,17H,2-7,16H2,1H3,(H,19,20). The average Bonchev–Trinajstić information content (AvgIpc) is 2.75. The normalized spacial score (nSPS) is 36.0. The summed E-state index contributed by atoms with van der Waals surface area (Å²) in [6.45, 7) is 3.78. The van der Waals surface area contributed by atoms with Crippen LogP contribution in [0.15, 0.2) is 11.3 Å². The molecule has 0 aromatic carbocycles. The first-order valence-electron chi connectivity index (χ1n) is 7.51. The van der Waals surface area contributed by atoms with Crippen LogP contribution in [0.1, 0.15) is 32.6 Å². The third-order valence-corrected chi connectivity index (χ3v) is 5.45. The van der Waals surface area contributed by atoms with Gasteiger partial charge >= 0.3 is 5.97 Å². The fourth-order valence-corrected chi connectivity index (χ4v) is 4.11. The summed E-state index contributed by atoms with van der Waals surface area (Å²) in [6, 6.07) is 0. The highest BCUT2D eigenvalue weighted by Crippen LogP contribution is 2.47. The second kappa shape index (κ2) is 4.79. The summed E-state index contributed by atoms with van der Waals surface area (Å²) in [6.07, 6.45) is 3.38. The van der Waals surface area contributed by atoms with Gasteiger partial charge in [-0.3, -0.25) is 10.2 Å². The average molecular weight is 277 g/mol. The van der Waals surface area contributed by atoms with Gasteiger partial charge in [0.2, 0.25) is 0 Å². The van der Waals surface area contributed by atoms with Gasteiger partial charge in [-0.2, -0.15) is 0 Å². The van der Waals surface area contributed by atoms with Crippen LogP contribution in [0, 0.1) is 29.1 Å². The van der Waals surface area contributed by atoms with E-state index in [1.807, 2.05) is 0 Å². The molecule has 0 radical (unpaired) electrons. The molecular weight excluding hydrogens is 254 g/mol. The van der Waals surface area contributed by atoms with Crippen molar-refractivity contribution in [1.82, 2.24) is 4.90 Å². The van der Waals surface area contributed by atoms with E-state index in [0.717, 1.165) is 43.6 Å². The molecule has 3 fully saturated rings. The monoisotopic (exact) mass is 277 g/mol. The van der Waals surface area contributed by atoms with Gasteiger partial charge in [0.15, 0.2) is 0 Å². The van der Waals surface area contributed by atoms with E-state index in [-0.39, 0.29) is 0 Å². The molecule has 2 aliphatic heterocycles. The summed E-state index contributed by atoms with van der Waals surface area (Å²) in [5, 5.41) is 17.3. The predicted molar refractivity (Wildman–Crippen MR) is 76.3 cm³/mol. The minimum Gasteiger partial charge on any atom is -0.481 e. The van der Waals surface area contributed by atoms with Crippen LogP contribution in [-0.2, 0) is 4.79 Å². The van der Waals surface area contributed by atoms with Crippen LogP contribution in [0.25, 0.3) is 0 Å². The van der Waals surface area contributed by atoms with Crippen LogP contribution < -0.4 is 5.73 Å². The van der Waals surface area contributed by atoms with Gasteiger partial charge in [-0.15, -0.1) is 0 Å². The molecular formula is C15H23N3O2. The first-order chi connectivity index (χ1) is 9.47. The second-order valence-electron chi connectivity index (χ2n) is 6.64. The molecule has 4 rings (SSSR count). The van der Waals surface area contributed by atoms with Crippen LogP contribution >= 0.6 is 0 Å². The molecule has 5 heteroatoms. The highest BCUT2D eigenvalue weighted by Gasteiger charge is 2.48. The Morgan fingerprint density at radius 2 is 2.10 bits per heavy atom. The van der Waals surface area contributed by atoms with E-state index in [1.54, 1.807) is 0 Å². The third kappa shape index (κ3) is 2.09. The first-order valence-corrected chi connectivity index (χ1v) is 7.51. The number of fused-ring (bicyclic) bond motifs is 2. The number of amidine groups is 1. The summed E-state index contributed by atoms with van der Waals surface area (Å²) in [5.74, 6) is 1.52. The minimum atomic E-state index is -0.690. The fourth-order valence-electron chi connectivity index (χ4n) is 4.11. The number of allylic oxidation sites excluding steroid dienone is 1. The predicted octanol–water partition coefficient (Wildman–Crippen LogP) is 1.65. The van der Waals surface area contributed by atoms with E-state index in [0.29, 0.717) is 35.9 Å². The molecule has 5 nitrogen and oxygen atoms in total. The molecule has 0 amide bonds. The summed E-state index contributed by atoms with van der Waals surface area (Å²) in [5.41, 5.74) is 8.01. The van der Waals surface area contributed by atoms with Crippen molar-refractivity contribution in [3.63, 3.8) is 0 Å². The van der Waals surface area contributed by atoms with Gasteiger partial charge in [0.05, 0.1) is 0 Å². The number of nitrogens with one attached hydrogen (secondary N) is 1. The molecule has 0 aromatic heterocycles. The van der Waals surface area contributed by atoms with Crippen molar-refractivity contribution >= 4 is 11.8 Å². The van der Waals surface area contributed by atoms with E-state index in [4.69, 9.17) is 16.2 Å². The van der Waals surface area contributed by atoms with Crippen LogP contribution in [0.4, 0.5) is 0 Å². The number of piperidine rings is 2. The Bertz CT molecular complexity index is 474. The Morgan fingerprint density at radius 1 is 1.45 bits per heavy atom. The quantitative estimate of drug-likeness (QED) is 0.540. The molecule has 20 heavy (non-hydrogen) atoms. The lowest BCUT2D eigenvalue weighted by molar-refractivity contribution is -0.142. The zero-order valence-electron chi connectivity index (χ0n) is 11.9. The fraction of sp³-hybridized carbons (Fsp3) is 0.733. The molecule has 4 N–H and O–H groups in total. The van der Waals surface area contributed by atoms with Crippen molar-refractivity contribution in [3.05, 3.63) is 11.3 Å². The Hall–Kier alpha value is -1.52. The van der Waals surface area contributed by atoms with E-state index in [1.165, 1.54) is 0 Å². The molecule has 2 heterocycles. The van der Waals surface area contributed by atoms with Crippen LogP contribution in [0.5, 0.6) is 0 Å². The topological polar surface area (TPSA) is 90.4 Å². The molecule has 2 saturated heterocycles. The van der Waals surface area contributed by atoms with Crippen molar-refractivity contribution in [2.45, 2.75) is 32.6 Å². The third-order valence-electron chi connectivity index (χ3n) is 5.45. The summed E-state index contributed by atoms with van der Waals surface area (Å²) in [4.78, 5) is 13.0. The maximum atomic E-state index is 10.9. The van der Waals surface area contributed by atoms with Crippen molar-refractivity contribution < 1.29 is 9.90 Å². The van der Waals surface area contributed by atoms with Crippen molar-refractivity contribution in [2.75, 3.05) is 13.1 Å². The molecule has 110 valence electrons. The molecule has 4 aliphatic rings. The van der Waals surface area contributed by atoms with Gasteiger partial charge in [0.1, 0.15) is 5.84 Å².